The zero-order valence-corrected chi connectivity index (χ0v) is 43.3. The summed E-state index contributed by atoms with van der Waals surface area (Å²) in [6, 6.07) is 59.1. The average Bonchev–Trinajstić information content (AvgIpc) is 4.11. The summed E-state index contributed by atoms with van der Waals surface area (Å²) >= 11 is 0. The van der Waals surface area contributed by atoms with Gasteiger partial charge in [-0.25, -0.2) is 0 Å². The summed E-state index contributed by atoms with van der Waals surface area (Å²) in [5.74, 6) is 0. The number of rotatable bonds is 4. The fourth-order valence-corrected chi connectivity index (χ4v) is 13.9. The average molecular weight is 934 g/mol. The number of nitrogens with zero attached hydrogens (tertiary/aromatic N) is 1. The molecular formula is C69H59NO2. The number of para-hydroxylation sites is 3. The van der Waals surface area contributed by atoms with Crippen molar-refractivity contribution in [2.24, 2.45) is 0 Å². The van der Waals surface area contributed by atoms with Crippen molar-refractivity contribution in [1.82, 2.24) is 0 Å². The second kappa shape index (κ2) is 14.3. The summed E-state index contributed by atoms with van der Waals surface area (Å²) in [5, 5.41) is 4.75. The van der Waals surface area contributed by atoms with Crippen molar-refractivity contribution in [1.29, 1.82) is 0 Å². The van der Waals surface area contributed by atoms with E-state index in [2.05, 4.69) is 239 Å². The second-order valence-electron chi connectivity index (χ2n) is 23.8. The van der Waals surface area contributed by atoms with E-state index in [9.17, 15) is 0 Å². The van der Waals surface area contributed by atoms with Gasteiger partial charge in [-0.3, -0.25) is 0 Å². The monoisotopic (exact) mass is 933 g/mol. The van der Waals surface area contributed by atoms with E-state index < -0.39 is 0 Å². The molecule has 0 N–H and O–H groups in total. The number of benzene rings is 9. The minimum absolute atomic E-state index is 0.124. The van der Waals surface area contributed by atoms with Gasteiger partial charge in [-0.2, -0.15) is 0 Å². The molecule has 0 saturated heterocycles. The van der Waals surface area contributed by atoms with Gasteiger partial charge in [-0.05, 0) is 146 Å². The maximum Gasteiger partial charge on any atom is 0.144 e. The van der Waals surface area contributed by atoms with Gasteiger partial charge in [0.1, 0.15) is 22.3 Å². The zero-order chi connectivity index (χ0) is 49.5. The lowest BCUT2D eigenvalue weighted by Gasteiger charge is -2.34. The SMILES string of the molecule is Cc1ccc(-c2cc3c(c4c2oc2ccccc24)-c2ccc(N(c4ccc5c(c4)C(C)(C)c4c6c(c7oc8ccccc8c7c4-5)-c4ccccc4C6(C)C)c4ccccc4C(C)(C)C)cc2C3(C)C)c(C)c1. The lowest BCUT2D eigenvalue weighted by Crippen LogP contribution is -2.24. The number of fused-ring (bicyclic) bond motifs is 19. The molecule has 0 radical (unpaired) electrons. The normalized spacial score (nSPS) is 15.5. The molecule has 0 aliphatic heterocycles. The van der Waals surface area contributed by atoms with Crippen LogP contribution in [0.2, 0.25) is 0 Å². The van der Waals surface area contributed by atoms with E-state index in [4.69, 9.17) is 8.83 Å². The molecule has 3 nitrogen and oxygen atoms in total. The van der Waals surface area contributed by atoms with Gasteiger partial charge in [0.05, 0.1) is 0 Å². The fraction of sp³-hybridized carbons (Fsp3) is 0.217. The number of aryl methyl sites for hydroxylation is 2. The first-order chi connectivity index (χ1) is 34.5. The summed E-state index contributed by atoms with van der Waals surface area (Å²) in [6.07, 6.45) is 0. The van der Waals surface area contributed by atoms with Gasteiger partial charge in [0, 0.05) is 66.0 Å². The maximum atomic E-state index is 7.02. The first-order valence-corrected chi connectivity index (χ1v) is 25.8. The van der Waals surface area contributed by atoms with Gasteiger partial charge in [0.2, 0.25) is 0 Å². The Bertz CT molecular complexity index is 4200. The van der Waals surface area contributed by atoms with Gasteiger partial charge in [-0.15, -0.1) is 0 Å². The first kappa shape index (κ1) is 43.2. The molecule has 3 heteroatoms. The van der Waals surface area contributed by atoms with Crippen molar-refractivity contribution < 1.29 is 8.83 Å². The minimum atomic E-state index is -0.334. The molecule has 0 amide bonds. The highest BCUT2D eigenvalue weighted by Crippen LogP contribution is 2.64. The van der Waals surface area contributed by atoms with E-state index in [-0.39, 0.29) is 21.7 Å². The lowest BCUT2D eigenvalue weighted by molar-refractivity contribution is 0.591. The van der Waals surface area contributed by atoms with Crippen molar-refractivity contribution in [3.8, 4) is 44.5 Å². The van der Waals surface area contributed by atoms with E-state index in [0.717, 1.165) is 44.7 Å². The van der Waals surface area contributed by atoms with Crippen LogP contribution in [0.5, 0.6) is 0 Å². The van der Waals surface area contributed by atoms with Crippen LogP contribution >= 0.6 is 0 Å². The number of hydrogen-bond donors (Lipinski definition) is 0. The standard InChI is InChI=1S/C69H59NO2/c1-38-28-31-42(39(2)34-38)48-37-53-57(59-46-21-13-18-26-55(46)71-64(48)59)44-32-29-40(35-51(44)67(53,6)7)70(54-25-17-16-24-50(54)66(3,4)5)41-30-33-45-52(36-41)69(10,11)62-58(45)60-47-22-14-19-27-56(47)72-65(60)61-43-20-12-15-23-49(43)68(8,9)63(61)62/h12-37H,1-11H3. The maximum absolute atomic E-state index is 7.02. The van der Waals surface area contributed by atoms with Crippen molar-refractivity contribution >= 4 is 60.9 Å². The third kappa shape index (κ3) is 5.57. The Morgan fingerprint density at radius 3 is 1.62 bits per heavy atom. The molecule has 14 rings (SSSR count). The van der Waals surface area contributed by atoms with Gasteiger partial charge in [0.15, 0.2) is 0 Å². The molecule has 2 heterocycles. The van der Waals surface area contributed by atoms with E-state index in [1.807, 2.05) is 0 Å². The van der Waals surface area contributed by atoms with Gasteiger partial charge < -0.3 is 13.7 Å². The fourth-order valence-electron chi connectivity index (χ4n) is 13.9. The summed E-state index contributed by atoms with van der Waals surface area (Å²) in [5.41, 5.74) is 28.3. The van der Waals surface area contributed by atoms with Crippen LogP contribution < -0.4 is 4.90 Å². The van der Waals surface area contributed by atoms with E-state index in [0.29, 0.717) is 0 Å². The lowest BCUT2D eigenvalue weighted by atomic mass is 9.72. The third-order valence-electron chi connectivity index (χ3n) is 17.3. The van der Waals surface area contributed by atoms with E-state index in [1.165, 1.54) is 111 Å². The van der Waals surface area contributed by atoms with Crippen LogP contribution in [0.15, 0.2) is 167 Å². The summed E-state index contributed by atoms with van der Waals surface area (Å²) in [6.45, 7) is 26.0. The van der Waals surface area contributed by atoms with Crippen LogP contribution in [0.4, 0.5) is 17.1 Å². The van der Waals surface area contributed by atoms with Crippen molar-refractivity contribution in [2.75, 3.05) is 4.90 Å². The highest BCUT2D eigenvalue weighted by molar-refractivity contribution is 6.21. The minimum Gasteiger partial charge on any atom is -0.455 e. The quantitative estimate of drug-likeness (QED) is 0.176. The molecule has 0 spiro atoms. The molecule has 2 aromatic heterocycles. The molecule has 72 heavy (non-hydrogen) atoms. The molecule has 3 aliphatic carbocycles. The molecule has 352 valence electrons. The molecule has 0 unspecified atom stereocenters. The van der Waals surface area contributed by atoms with E-state index in [1.54, 1.807) is 0 Å². The topological polar surface area (TPSA) is 29.5 Å². The Morgan fingerprint density at radius 2 is 0.944 bits per heavy atom. The number of hydrogen-bond acceptors (Lipinski definition) is 3. The molecule has 9 aromatic carbocycles. The Balaban J connectivity index is 1.01. The Kier molecular flexibility index (Phi) is 8.57. The summed E-state index contributed by atoms with van der Waals surface area (Å²) in [4.78, 5) is 2.55. The van der Waals surface area contributed by atoms with Gasteiger partial charge >= 0.3 is 0 Å². The molecular weight excluding hydrogens is 875 g/mol. The number of anilines is 3. The predicted molar refractivity (Wildman–Crippen MR) is 302 cm³/mol. The molecule has 3 aliphatic rings. The highest BCUT2D eigenvalue weighted by atomic mass is 16.3. The van der Waals surface area contributed by atoms with Gasteiger partial charge in [-0.1, -0.05) is 177 Å². The Hall–Kier alpha value is -7.62. The molecule has 11 aromatic rings. The molecule has 0 fully saturated rings. The third-order valence-corrected chi connectivity index (χ3v) is 17.3. The highest BCUT2D eigenvalue weighted by Gasteiger charge is 2.49. The summed E-state index contributed by atoms with van der Waals surface area (Å²) < 4.78 is 13.9. The Morgan fingerprint density at radius 1 is 0.417 bits per heavy atom. The molecule has 0 atom stereocenters. The van der Waals surface area contributed by atoms with Crippen LogP contribution in [0.1, 0.15) is 112 Å². The Labute approximate surface area is 422 Å². The smallest absolute Gasteiger partial charge is 0.144 e. The predicted octanol–water partition coefficient (Wildman–Crippen LogP) is 19.5. The zero-order valence-electron chi connectivity index (χ0n) is 43.3. The molecule has 0 saturated carbocycles. The van der Waals surface area contributed by atoms with Crippen LogP contribution in [-0.4, -0.2) is 0 Å². The van der Waals surface area contributed by atoms with Gasteiger partial charge in [0.25, 0.3) is 0 Å². The van der Waals surface area contributed by atoms with Crippen molar-refractivity contribution in [2.45, 2.75) is 97.8 Å². The van der Waals surface area contributed by atoms with Crippen LogP contribution in [0.25, 0.3) is 88.4 Å². The van der Waals surface area contributed by atoms with Crippen LogP contribution in [0.3, 0.4) is 0 Å². The second-order valence-corrected chi connectivity index (χ2v) is 23.8. The molecule has 0 bridgehead atoms. The van der Waals surface area contributed by atoms with Crippen molar-refractivity contribution in [3.05, 3.63) is 208 Å². The van der Waals surface area contributed by atoms with E-state index >= 15 is 0 Å². The van der Waals surface area contributed by atoms with Crippen molar-refractivity contribution in [3.63, 3.8) is 0 Å². The van der Waals surface area contributed by atoms with Crippen LogP contribution in [0, 0.1) is 13.8 Å². The number of furan rings is 2. The van der Waals surface area contributed by atoms with Crippen LogP contribution in [-0.2, 0) is 21.7 Å². The first-order valence-electron chi connectivity index (χ1n) is 25.8. The summed E-state index contributed by atoms with van der Waals surface area (Å²) in [7, 11) is 0. The largest absolute Gasteiger partial charge is 0.455 e.